The minimum Gasteiger partial charge on any atom is -0.346 e. The van der Waals surface area contributed by atoms with Crippen LogP contribution in [0, 0.1) is 18.8 Å². The molecule has 0 unspecified atom stereocenters. The highest BCUT2D eigenvalue weighted by atomic mass is 16.1. The Morgan fingerprint density at radius 1 is 1.38 bits per heavy atom. The maximum absolute atomic E-state index is 12.2. The molecule has 5 heteroatoms. The van der Waals surface area contributed by atoms with Crippen LogP contribution in [0.2, 0.25) is 0 Å². The summed E-state index contributed by atoms with van der Waals surface area (Å²) in [5, 5.41) is 10.5. The van der Waals surface area contributed by atoms with Gasteiger partial charge in [-0.25, -0.2) is 0 Å². The third-order valence-corrected chi connectivity index (χ3v) is 2.73. The van der Waals surface area contributed by atoms with E-state index in [9.17, 15) is 4.79 Å². The van der Waals surface area contributed by atoms with E-state index in [1.807, 2.05) is 25.1 Å². The number of aromatic nitrogens is 2. The Labute approximate surface area is 123 Å². The molecule has 0 fully saturated rings. The van der Waals surface area contributed by atoms with Crippen molar-refractivity contribution in [2.45, 2.75) is 13.5 Å². The van der Waals surface area contributed by atoms with Gasteiger partial charge in [0.25, 0.3) is 5.91 Å². The predicted octanol–water partition coefficient (Wildman–Crippen LogP) is 1.03. The zero-order valence-corrected chi connectivity index (χ0v) is 11.8. The second kappa shape index (κ2) is 7.17. The van der Waals surface area contributed by atoms with Gasteiger partial charge >= 0.3 is 0 Å². The lowest BCUT2D eigenvalue weighted by molar-refractivity contribution is 0.0950. The summed E-state index contributed by atoms with van der Waals surface area (Å²) in [6.45, 7) is 2.56. The Kier molecular flexibility index (Phi) is 5.02. The van der Waals surface area contributed by atoms with Gasteiger partial charge in [0, 0.05) is 17.3 Å². The van der Waals surface area contributed by atoms with Crippen LogP contribution in [0.3, 0.4) is 0 Å². The van der Waals surface area contributed by atoms with Gasteiger partial charge in [-0.1, -0.05) is 11.8 Å². The van der Waals surface area contributed by atoms with Gasteiger partial charge in [0.15, 0.2) is 0 Å². The van der Waals surface area contributed by atoms with Gasteiger partial charge in [-0.3, -0.25) is 4.79 Å². The molecule has 0 atom stereocenters. The monoisotopic (exact) mass is 280 g/mol. The summed E-state index contributed by atoms with van der Waals surface area (Å²) in [6.07, 6.45) is 1.59. The average molecular weight is 280 g/mol. The van der Waals surface area contributed by atoms with Gasteiger partial charge in [-0.05, 0) is 42.8 Å². The highest BCUT2D eigenvalue weighted by molar-refractivity contribution is 5.94. The van der Waals surface area contributed by atoms with Crippen molar-refractivity contribution in [3.05, 3.63) is 58.9 Å². The zero-order chi connectivity index (χ0) is 15.1. The van der Waals surface area contributed by atoms with Crippen molar-refractivity contribution in [1.82, 2.24) is 15.5 Å². The molecule has 2 rings (SSSR count). The maximum Gasteiger partial charge on any atom is 0.251 e. The second-order valence-electron chi connectivity index (χ2n) is 4.49. The average Bonchev–Trinajstić information content (AvgIpc) is 2.51. The topological polar surface area (TPSA) is 80.9 Å². The molecule has 0 saturated carbocycles. The summed E-state index contributed by atoms with van der Waals surface area (Å²) < 4.78 is 0. The van der Waals surface area contributed by atoms with Gasteiger partial charge in [0.2, 0.25) is 0 Å². The van der Waals surface area contributed by atoms with E-state index in [4.69, 9.17) is 5.73 Å². The van der Waals surface area contributed by atoms with Gasteiger partial charge in [0.1, 0.15) is 0 Å². The van der Waals surface area contributed by atoms with Crippen LogP contribution < -0.4 is 11.1 Å². The number of carbonyl (C=O) groups is 1. The first-order chi connectivity index (χ1) is 10.2. The predicted molar refractivity (Wildman–Crippen MR) is 80.3 cm³/mol. The Bertz CT molecular complexity index is 686. The van der Waals surface area contributed by atoms with E-state index in [2.05, 4.69) is 27.4 Å². The third kappa shape index (κ3) is 4.41. The third-order valence-electron chi connectivity index (χ3n) is 2.73. The molecule has 1 aromatic heterocycles. The van der Waals surface area contributed by atoms with Crippen molar-refractivity contribution in [3.8, 4) is 11.8 Å². The summed E-state index contributed by atoms with van der Waals surface area (Å²) in [6, 6.07) is 9.08. The molecular weight excluding hydrogens is 264 g/mol. The number of carbonyl (C=O) groups excluding carboxylic acids is 1. The van der Waals surface area contributed by atoms with Crippen LogP contribution in [0.15, 0.2) is 36.5 Å². The highest BCUT2D eigenvalue weighted by Gasteiger charge is 2.07. The number of amides is 1. The number of hydrogen-bond donors (Lipinski definition) is 2. The van der Waals surface area contributed by atoms with E-state index < -0.39 is 0 Å². The van der Waals surface area contributed by atoms with E-state index in [0.29, 0.717) is 24.3 Å². The Balaban J connectivity index is 2.10. The smallest absolute Gasteiger partial charge is 0.251 e. The lowest BCUT2D eigenvalue weighted by atomic mass is 10.1. The number of rotatable bonds is 3. The molecule has 0 bridgehead atoms. The molecule has 2 aromatic rings. The summed E-state index contributed by atoms with van der Waals surface area (Å²) in [4.78, 5) is 12.2. The first-order valence-corrected chi connectivity index (χ1v) is 6.54. The van der Waals surface area contributed by atoms with Crippen LogP contribution in [0.1, 0.15) is 27.2 Å². The Morgan fingerprint density at radius 3 is 2.95 bits per heavy atom. The van der Waals surface area contributed by atoms with E-state index >= 15 is 0 Å². The SMILES string of the molecule is Cc1cc(C#CCN)cc(C(=O)NCc2cccnn2)c1. The molecule has 1 aromatic carbocycles. The van der Waals surface area contributed by atoms with Crippen molar-refractivity contribution >= 4 is 5.91 Å². The lowest BCUT2D eigenvalue weighted by Crippen LogP contribution is -2.23. The summed E-state index contributed by atoms with van der Waals surface area (Å²) in [5.41, 5.74) is 8.40. The summed E-state index contributed by atoms with van der Waals surface area (Å²) in [5.74, 6) is 5.55. The summed E-state index contributed by atoms with van der Waals surface area (Å²) >= 11 is 0. The van der Waals surface area contributed by atoms with Crippen molar-refractivity contribution in [2.24, 2.45) is 5.73 Å². The van der Waals surface area contributed by atoms with Crippen LogP contribution in [0.5, 0.6) is 0 Å². The zero-order valence-electron chi connectivity index (χ0n) is 11.8. The van der Waals surface area contributed by atoms with E-state index in [0.717, 1.165) is 11.1 Å². The van der Waals surface area contributed by atoms with E-state index in [1.54, 1.807) is 18.3 Å². The summed E-state index contributed by atoms with van der Waals surface area (Å²) in [7, 11) is 0. The number of benzene rings is 1. The molecule has 0 aliphatic carbocycles. The molecule has 21 heavy (non-hydrogen) atoms. The van der Waals surface area contributed by atoms with E-state index in [1.165, 1.54) is 0 Å². The minimum atomic E-state index is -0.167. The van der Waals surface area contributed by atoms with E-state index in [-0.39, 0.29) is 5.91 Å². The van der Waals surface area contributed by atoms with Gasteiger partial charge < -0.3 is 11.1 Å². The fourth-order valence-corrected chi connectivity index (χ4v) is 1.84. The number of hydrogen-bond acceptors (Lipinski definition) is 4. The second-order valence-corrected chi connectivity index (χ2v) is 4.49. The maximum atomic E-state index is 12.2. The van der Waals surface area contributed by atoms with Gasteiger partial charge in [0.05, 0.1) is 18.8 Å². The van der Waals surface area contributed by atoms with Crippen LogP contribution in [0.25, 0.3) is 0 Å². The normalized spacial score (nSPS) is 9.62. The largest absolute Gasteiger partial charge is 0.346 e. The van der Waals surface area contributed by atoms with Crippen LogP contribution in [0.4, 0.5) is 0 Å². The van der Waals surface area contributed by atoms with Crippen LogP contribution in [-0.4, -0.2) is 22.6 Å². The number of aryl methyl sites for hydroxylation is 1. The van der Waals surface area contributed by atoms with Gasteiger partial charge in [-0.2, -0.15) is 10.2 Å². The Hall–Kier alpha value is -2.71. The van der Waals surface area contributed by atoms with Crippen molar-refractivity contribution < 1.29 is 4.79 Å². The molecule has 1 heterocycles. The first kappa shape index (κ1) is 14.7. The van der Waals surface area contributed by atoms with Crippen molar-refractivity contribution in [1.29, 1.82) is 0 Å². The molecule has 0 spiro atoms. The molecule has 0 aliphatic rings. The molecule has 1 amide bonds. The standard InChI is InChI=1S/C16H16N4O/c1-12-8-13(4-2-6-17)10-14(9-12)16(21)18-11-15-5-3-7-19-20-15/h3,5,7-10H,6,11,17H2,1H3,(H,18,21). The quantitative estimate of drug-likeness (QED) is 0.823. The number of nitrogens with one attached hydrogen (secondary N) is 1. The molecule has 0 radical (unpaired) electrons. The molecule has 106 valence electrons. The fraction of sp³-hybridized carbons (Fsp3) is 0.188. The first-order valence-electron chi connectivity index (χ1n) is 6.54. The lowest BCUT2D eigenvalue weighted by Gasteiger charge is -2.06. The fourth-order valence-electron chi connectivity index (χ4n) is 1.84. The molecule has 5 nitrogen and oxygen atoms in total. The minimum absolute atomic E-state index is 0.167. The van der Waals surface area contributed by atoms with Gasteiger partial charge in [-0.15, -0.1) is 0 Å². The number of nitrogens with two attached hydrogens (primary N) is 1. The number of nitrogens with zero attached hydrogens (tertiary/aromatic N) is 2. The van der Waals surface area contributed by atoms with Crippen LogP contribution >= 0.6 is 0 Å². The van der Waals surface area contributed by atoms with Crippen molar-refractivity contribution in [3.63, 3.8) is 0 Å². The Morgan fingerprint density at radius 2 is 2.24 bits per heavy atom. The van der Waals surface area contributed by atoms with Crippen LogP contribution in [-0.2, 0) is 6.54 Å². The molecule has 3 N–H and O–H groups in total. The molecular formula is C16H16N4O. The van der Waals surface area contributed by atoms with Crippen molar-refractivity contribution in [2.75, 3.05) is 6.54 Å². The molecule has 0 saturated heterocycles. The molecule has 0 aliphatic heterocycles. The highest BCUT2D eigenvalue weighted by Crippen LogP contribution is 2.09.